The van der Waals surface area contributed by atoms with Crippen LogP contribution < -0.4 is 0 Å². The van der Waals surface area contributed by atoms with Crippen molar-refractivity contribution in [1.29, 1.82) is 0 Å². The summed E-state index contributed by atoms with van der Waals surface area (Å²) in [6.45, 7) is 5.26. The van der Waals surface area contributed by atoms with Crippen LogP contribution in [0.2, 0.25) is 0 Å². The summed E-state index contributed by atoms with van der Waals surface area (Å²) < 4.78 is 0. The molecule has 1 saturated heterocycles. The van der Waals surface area contributed by atoms with Gasteiger partial charge in [-0.25, -0.2) is 4.79 Å². The summed E-state index contributed by atoms with van der Waals surface area (Å²) in [5.41, 5.74) is 2.72. The zero-order valence-corrected chi connectivity index (χ0v) is 12.2. The first-order valence-electron chi connectivity index (χ1n) is 7.34. The number of aromatic carboxylic acids is 1. The van der Waals surface area contributed by atoms with Crippen LogP contribution in [0.15, 0.2) is 18.2 Å². The van der Waals surface area contributed by atoms with Gasteiger partial charge in [0.15, 0.2) is 0 Å². The van der Waals surface area contributed by atoms with E-state index in [0.717, 1.165) is 31.6 Å². The highest BCUT2D eigenvalue weighted by atomic mass is 16.4. The number of hydrogen-bond acceptors (Lipinski definition) is 3. The van der Waals surface area contributed by atoms with Crippen molar-refractivity contribution in [2.24, 2.45) is 0 Å². The third kappa shape index (κ3) is 2.34. The molecule has 2 atom stereocenters. The lowest BCUT2D eigenvalue weighted by Crippen LogP contribution is -2.41. The molecule has 20 heavy (non-hydrogen) atoms. The first-order valence-corrected chi connectivity index (χ1v) is 7.34. The third-order valence-corrected chi connectivity index (χ3v) is 4.91. The minimum atomic E-state index is -0.801. The van der Waals surface area contributed by atoms with Crippen LogP contribution in [0, 0.1) is 0 Å². The standard InChI is InChI=1S/C16H22N2O2/c1-11-8-13(10-17(11)2)18-7-6-14-12(9-18)4-3-5-15(14)16(19)20/h3-5,11,13H,6-10H2,1-2H3,(H,19,20). The number of fused-ring (bicyclic) bond motifs is 1. The Morgan fingerprint density at radius 2 is 2.20 bits per heavy atom. The van der Waals surface area contributed by atoms with Crippen LogP contribution in [0.4, 0.5) is 0 Å². The molecule has 0 spiro atoms. The monoisotopic (exact) mass is 274 g/mol. The maximum Gasteiger partial charge on any atom is 0.335 e. The van der Waals surface area contributed by atoms with E-state index >= 15 is 0 Å². The summed E-state index contributed by atoms with van der Waals surface area (Å²) in [6.07, 6.45) is 2.07. The Balaban J connectivity index is 1.79. The molecule has 1 N–H and O–H groups in total. The largest absolute Gasteiger partial charge is 0.478 e. The summed E-state index contributed by atoms with van der Waals surface area (Å²) in [5, 5.41) is 9.27. The Bertz CT molecular complexity index is 519. The van der Waals surface area contributed by atoms with Gasteiger partial charge in [0.2, 0.25) is 0 Å². The van der Waals surface area contributed by atoms with Gasteiger partial charge < -0.3 is 10.0 Å². The van der Waals surface area contributed by atoms with E-state index in [2.05, 4.69) is 29.8 Å². The SMILES string of the molecule is CC1CC(N2CCc3c(cccc3C(=O)O)C2)CN1C. The Hall–Kier alpha value is -1.39. The second kappa shape index (κ2) is 5.19. The maximum absolute atomic E-state index is 11.3. The summed E-state index contributed by atoms with van der Waals surface area (Å²) >= 11 is 0. The first kappa shape index (κ1) is 13.6. The minimum absolute atomic E-state index is 0.485. The second-order valence-corrected chi connectivity index (χ2v) is 6.15. The lowest BCUT2D eigenvalue weighted by atomic mass is 9.93. The third-order valence-electron chi connectivity index (χ3n) is 4.91. The van der Waals surface area contributed by atoms with Gasteiger partial charge in [0, 0.05) is 31.7 Å². The highest BCUT2D eigenvalue weighted by molar-refractivity contribution is 5.89. The van der Waals surface area contributed by atoms with E-state index in [4.69, 9.17) is 0 Å². The van der Waals surface area contributed by atoms with E-state index in [-0.39, 0.29) is 0 Å². The predicted molar refractivity (Wildman–Crippen MR) is 78.0 cm³/mol. The van der Waals surface area contributed by atoms with Crippen LogP contribution in [0.5, 0.6) is 0 Å². The maximum atomic E-state index is 11.3. The van der Waals surface area contributed by atoms with Gasteiger partial charge in [-0.05, 0) is 44.0 Å². The van der Waals surface area contributed by atoms with Crippen molar-refractivity contribution < 1.29 is 9.90 Å². The summed E-state index contributed by atoms with van der Waals surface area (Å²) in [7, 11) is 2.19. The molecular formula is C16H22N2O2. The average molecular weight is 274 g/mol. The quantitative estimate of drug-likeness (QED) is 0.893. The Morgan fingerprint density at radius 3 is 2.85 bits per heavy atom. The zero-order valence-electron chi connectivity index (χ0n) is 12.2. The summed E-state index contributed by atoms with van der Waals surface area (Å²) in [5.74, 6) is -0.801. The number of rotatable bonds is 2. The highest BCUT2D eigenvalue weighted by Gasteiger charge is 2.32. The van der Waals surface area contributed by atoms with Crippen molar-refractivity contribution in [1.82, 2.24) is 9.80 Å². The summed E-state index contributed by atoms with van der Waals surface area (Å²) in [4.78, 5) is 16.2. The smallest absolute Gasteiger partial charge is 0.335 e. The van der Waals surface area contributed by atoms with E-state index in [1.807, 2.05) is 6.07 Å². The molecule has 108 valence electrons. The fourth-order valence-electron chi connectivity index (χ4n) is 3.57. The molecular weight excluding hydrogens is 252 g/mol. The lowest BCUT2D eigenvalue weighted by Gasteiger charge is -2.34. The minimum Gasteiger partial charge on any atom is -0.478 e. The normalized spacial score (nSPS) is 27.5. The lowest BCUT2D eigenvalue weighted by molar-refractivity contribution is 0.0694. The van der Waals surface area contributed by atoms with E-state index in [1.165, 1.54) is 12.0 Å². The van der Waals surface area contributed by atoms with Crippen LogP contribution in [0.1, 0.15) is 34.8 Å². The molecule has 2 aliphatic rings. The molecule has 2 aliphatic heterocycles. The van der Waals surface area contributed by atoms with E-state index in [9.17, 15) is 9.90 Å². The molecule has 0 radical (unpaired) electrons. The molecule has 0 amide bonds. The molecule has 0 bridgehead atoms. The zero-order chi connectivity index (χ0) is 14.3. The van der Waals surface area contributed by atoms with Crippen molar-refractivity contribution in [3.63, 3.8) is 0 Å². The number of hydrogen-bond donors (Lipinski definition) is 1. The molecule has 0 aromatic heterocycles. The molecule has 4 nitrogen and oxygen atoms in total. The van der Waals surface area contributed by atoms with Crippen molar-refractivity contribution in [3.8, 4) is 0 Å². The van der Waals surface area contributed by atoms with Crippen molar-refractivity contribution >= 4 is 5.97 Å². The fourth-order valence-corrected chi connectivity index (χ4v) is 3.57. The van der Waals surface area contributed by atoms with Crippen LogP contribution in [0.3, 0.4) is 0 Å². The molecule has 2 heterocycles. The number of benzene rings is 1. The summed E-state index contributed by atoms with van der Waals surface area (Å²) in [6, 6.07) is 6.93. The van der Waals surface area contributed by atoms with Crippen LogP contribution in [0.25, 0.3) is 0 Å². The van der Waals surface area contributed by atoms with E-state index in [0.29, 0.717) is 17.6 Å². The van der Waals surface area contributed by atoms with Gasteiger partial charge in [-0.15, -0.1) is 0 Å². The van der Waals surface area contributed by atoms with Gasteiger partial charge in [-0.2, -0.15) is 0 Å². The Labute approximate surface area is 120 Å². The van der Waals surface area contributed by atoms with Crippen LogP contribution in [-0.2, 0) is 13.0 Å². The van der Waals surface area contributed by atoms with Crippen LogP contribution in [-0.4, -0.2) is 53.1 Å². The van der Waals surface area contributed by atoms with Crippen molar-refractivity contribution in [2.75, 3.05) is 20.1 Å². The van der Waals surface area contributed by atoms with E-state index in [1.54, 1.807) is 6.07 Å². The van der Waals surface area contributed by atoms with Gasteiger partial charge >= 0.3 is 5.97 Å². The van der Waals surface area contributed by atoms with Crippen LogP contribution >= 0.6 is 0 Å². The van der Waals surface area contributed by atoms with Gasteiger partial charge in [-0.3, -0.25) is 4.90 Å². The van der Waals surface area contributed by atoms with Gasteiger partial charge in [-0.1, -0.05) is 12.1 Å². The predicted octanol–water partition coefficient (Wildman–Crippen LogP) is 1.84. The second-order valence-electron chi connectivity index (χ2n) is 6.15. The number of nitrogens with zero attached hydrogens (tertiary/aromatic N) is 2. The van der Waals surface area contributed by atoms with Crippen molar-refractivity contribution in [3.05, 3.63) is 34.9 Å². The number of carboxylic acid groups (broad SMARTS) is 1. The molecule has 2 unspecified atom stereocenters. The van der Waals surface area contributed by atoms with Gasteiger partial charge in [0.25, 0.3) is 0 Å². The average Bonchev–Trinajstić information content (AvgIpc) is 2.77. The molecule has 4 heteroatoms. The number of carbonyl (C=O) groups is 1. The Kier molecular flexibility index (Phi) is 3.52. The molecule has 1 aromatic carbocycles. The molecule has 1 fully saturated rings. The number of carboxylic acids is 1. The highest BCUT2D eigenvalue weighted by Crippen LogP contribution is 2.28. The van der Waals surface area contributed by atoms with E-state index < -0.39 is 5.97 Å². The topological polar surface area (TPSA) is 43.8 Å². The molecule has 0 saturated carbocycles. The molecule has 1 aromatic rings. The Morgan fingerprint density at radius 1 is 1.40 bits per heavy atom. The van der Waals surface area contributed by atoms with Crippen molar-refractivity contribution in [2.45, 2.75) is 38.4 Å². The molecule has 3 rings (SSSR count). The fraction of sp³-hybridized carbons (Fsp3) is 0.562. The first-order chi connectivity index (χ1) is 9.56. The number of likely N-dealkylation sites (N-methyl/N-ethyl adjacent to an activating group) is 1. The van der Waals surface area contributed by atoms with Gasteiger partial charge in [0.1, 0.15) is 0 Å². The molecule has 0 aliphatic carbocycles. The van der Waals surface area contributed by atoms with Gasteiger partial charge in [0.05, 0.1) is 5.56 Å². The number of likely N-dealkylation sites (tertiary alicyclic amines) is 1.